The zero-order valence-corrected chi connectivity index (χ0v) is 12.5. The van der Waals surface area contributed by atoms with E-state index >= 15 is 0 Å². The zero-order chi connectivity index (χ0) is 16.4. The van der Waals surface area contributed by atoms with Gasteiger partial charge < -0.3 is 11.1 Å². The second-order valence-corrected chi connectivity index (χ2v) is 5.66. The highest BCUT2D eigenvalue weighted by Gasteiger charge is 2.19. The van der Waals surface area contributed by atoms with E-state index in [2.05, 4.69) is 10.3 Å². The molecule has 7 heteroatoms. The molecule has 0 aliphatic rings. The van der Waals surface area contributed by atoms with Gasteiger partial charge >= 0.3 is 0 Å². The third-order valence-corrected chi connectivity index (χ3v) is 4.19. The highest BCUT2D eigenvalue weighted by molar-refractivity contribution is 7.19. The number of hydrogen-bond acceptors (Lipinski definition) is 5. The summed E-state index contributed by atoms with van der Waals surface area (Å²) < 4.78 is 27.7. The average molecular weight is 331 g/mol. The van der Waals surface area contributed by atoms with Gasteiger partial charge in [0.15, 0.2) is 11.4 Å². The highest BCUT2D eigenvalue weighted by atomic mass is 32.1. The molecule has 0 unspecified atom stereocenters. The maximum Gasteiger partial charge on any atom is 0.189 e. The summed E-state index contributed by atoms with van der Waals surface area (Å²) in [5, 5.41) is 3.53. The lowest BCUT2D eigenvalue weighted by Gasteiger charge is -2.04. The van der Waals surface area contributed by atoms with Gasteiger partial charge in [0.1, 0.15) is 17.5 Å². The number of benzene rings is 2. The molecule has 0 amide bonds. The number of hydrogen-bond donors (Lipinski definition) is 2. The fraction of sp³-hybridized carbons (Fsp3) is 0. The molecule has 23 heavy (non-hydrogen) atoms. The largest absolute Gasteiger partial charge is 0.382 e. The van der Waals surface area contributed by atoms with Crippen molar-refractivity contribution >= 4 is 34.3 Å². The van der Waals surface area contributed by atoms with Crippen molar-refractivity contribution in [2.24, 2.45) is 0 Å². The molecule has 4 nitrogen and oxygen atoms in total. The van der Waals surface area contributed by atoms with Crippen LogP contribution in [0.4, 0.5) is 25.4 Å². The van der Waals surface area contributed by atoms with Gasteiger partial charge in [-0.3, -0.25) is 4.79 Å². The minimum absolute atomic E-state index is 0.0459. The number of aromatic nitrogens is 1. The summed E-state index contributed by atoms with van der Waals surface area (Å²) in [7, 11) is 0. The number of carbonyl (C=O) groups excluding carboxylic acids is 1. The first-order valence-electron chi connectivity index (χ1n) is 6.62. The Morgan fingerprint density at radius 3 is 2.57 bits per heavy atom. The molecule has 0 aliphatic carbocycles. The number of anilines is 3. The van der Waals surface area contributed by atoms with Gasteiger partial charge in [0.2, 0.25) is 0 Å². The summed E-state index contributed by atoms with van der Waals surface area (Å²) in [5.74, 6) is -1.75. The van der Waals surface area contributed by atoms with E-state index in [0.29, 0.717) is 10.0 Å². The van der Waals surface area contributed by atoms with Gasteiger partial charge in [0, 0.05) is 11.3 Å². The van der Waals surface area contributed by atoms with Crippen molar-refractivity contribution in [2.75, 3.05) is 11.1 Å². The highest BCUT2D eigenvalue weighted by Crippen LogP contribution is 2.38. The van der Waals surface area contributed by atoms with Crippen LogP contribution < -0.4 is 11.1 Å². The van der Waals surface area contributed by atoms with Crippen LogP contribution in [0.2, 0.25) is 0 Å². The molecule has 3 aromatic rings. The minimum atomic E-state index is -0.943. The van der Waals surface area contributed by atoms with Crippen LogP contribution in [0.1, 0.15) is 10.4 Å². The molecule has 0 radical (unpaired) electrons. The molecule has 116 valence electrons. The van der Waals surface area contributed by atoms with Crippen LogP contribution in [-0.4, -0.2) is 11.3 Å². The van der Waals surface area contributed by atoms with Gasteiger partial charge in [-0.1, -0.05) is 29.5 Å². The molecular formula is C16H11F2N3OS. The van der Waals surface area contributed by atoms with Crippen LogP contribution >= 0.6 is 11.3 Å². The first-order chi connectivity index (χ1) is 11.1. The van der Waals surface area contributed by atoms with Crippen molar-refractivity contribution < 1.29 is 13.6 Å². The predicted molar refractivity (Wildman–Crippen MR) is 87.0 cm³/mol. The van der Waals surface area contributed by atoms with Gasteiger partial charge in [-0.2, -0.15) is 0 Å². The van der Waals surface area contributed by atoms with Crippen LogP contribution in [0.5, 0.6) is 0 Å². The second kappa shape index (κ2) is 6.13. The summed E-state index contributed by atoms with van der Waals surface area (Å²) in [5.41, 5.74) is 6.07. The van der Waals surface area contributed by atoms with E-state index in [1.165, 1.54) is 6.07 Å². The van der Waals surface area contributed by atoms with E-state index in [4.69, 9.17) is 5.73 Å². The van der Waals surface area contributed by atoms with Crippen LogP contribution in [0.25, 0.3) is 10.4 Å². The number of halogens is 2. The number of nitrogens with two attached hydrogens (primary N) is 1. The Morgan fingerprint density at radius 1 is 1.13 bits per heavy atom. The molecule has 0 aliphatic heterocycles. The van der Waals surface area contributed by atoms with Gasteiger partial charge in [0.05, 0.1) is 10.4 Å². The lowest BCUT2D eigenvalue weighted by atomic mass is 10.1. The van der Waals surface area contributed by atoms with Gasteiger partial charge in [-0.15, -0.1) is 0 Å². The normalized spacial score (nSPS) is 10.5. The standard InChI is InChI=1S/C16H11F2N3OS/c17-12-7-6-10(13(18)11(12)8-22)14-15(19)21-16(23-14)20-9-4-2-1-3-5-9/h1-8H,19H2,(H,20,21). The Hall–Kier alpha value is -2.80. The van der Waals surface area contributed by atoms with E-state index in [1.54, 1.807) is 0 Å². The van der Waals surface area contributed by atoms with E-state index < -0.39 is 17.2 Å². The molecule has 3 rings (SSSR count). The number of nitrogen functional groups attached to an aromatic ring is 1. The Balaban J connectivity index is 2.00. The number of nitrogens with one attached hydrogen (secondary N) is 1. The third-order valence-electron chi connectivity index (χ3n) is 3.17. The second-order valence-electron chi connectivity index (χ2n) is 4.66. The first-order valence-corrected chi connectivity index (χ1v) is 7.43. The van der Waals surface area contributed by atoms with Gasteiger partial charge in [0.25, 0.3) is 0 Å². The molecule has 0 atom stereocenters. The smallest absolute Gasteiger partial charge is 0.189 e. The molecule has 3 N–H and O–H groups in total. The van der Waals surface area contributed by atoms with Crippen molar-refractivity contribution in [3.05, 3.63) is 59.7 Å². The Morgan fingerprint density at radius 2 is 1.87 bits per heavy atom. The van der Waals surface area contributed by atoms with Crippen LogP contribution in [0.3, 0.4) is 0 Å². The van der Waals surface area contributed by atoms with Crippen LogP contribution in [0, 0.1) is 11.6 Å². The quantitative estimate of drug-likeness (QED) is 0.702. The minimum Gasteiger partial charge on any atom is -0.382 e. The summed E-state index contributed by atoms with van der Waals surface area (Å²) in [6, 6.07) is 11.6. The molecule has 1 aromatic heterocycles. The van der Waals surface area contributed by atoms with Crippen molar-refractivity contribution in [1.29, 1.82) is 0 Å². The van der Waals surface area contributed by atoms with Gasteiger partial charge in [-0.05, 0) is 24.3 Å². The third kappa shape index (κ3) is 2.91. The lowest BCUT2D eigenvalue weighted by Crippen LogP contribution is -1.97. The molecule has 0 spiro atoms. The lowest BCUT2D eigenvalue weighted by molar-refractivity contribution is 0.111. The Bertz CT molecular complexity index is 865. The summed E-state index contributed by atoms with van der Waals surface area (Å²) in [6.07, 6.45) is 0.147. The summed E-state index contributed by atoms with van der Waals surface area (Å²) >= 11 is 1.12. The SMILES string of the molecule is Nc1nc(Nc2ccccc2)sc1-c1ccc(F)c(C=O)c1F. The number of nitrogens with zero attached hydrogens (tertiary/aromatic N) is 1. The van der Waals surface area contributed by atoms with E-state index in [-0.39, 0.29) is 17.7 Å². The fourth-order valence-corrected chi connectivity index (χ4v) is 3.00. The summed E-state index contributed by atoms with van der Waals surface area (Å²) in [6.45, 7) is 0. The van der Waals surface area contributed by atoms with E-state index in [1.807, 2.05) is 30.3 Å². The molecule has 2 aromatic carbocycles. The Labute approximate surface area is 134 Å². The van der Waals surface area contributed by atoms with Crippen molar-refractivity contribution in [1.82, 2.24) is 4.98 Å². The monoisotopic (exact) mass is 331 g/mol. The Kier molecular flexibility index (Phi) is 4.03. The molecule has 0 saturated heterocycles. The number of rotatable bonds is 4. The predicted octanol–water partition coefficient (Wildman–Crippen LogP) is 4.23. The number of carbonyl (C=O) groups is 1. The molecule has 1 heterocycles. The molecule has 0 saturated carbocycles. The zero-order valence-electron chi connectivity index (χ0n) is 11.7. The molecule has 0 bridgehead atoms. The molecular weight excluding hydrogens is 320 g/mol. The number of aldehydes is 1. The van der Waals surface area contributed by atoms with E-state index in [0.717, 1.165) is 23.1 Å². The van der Waals surface area contributed by atoms with Crippen molar-refractivity contribution in [2.45, 2.75) is 0 Å². The number of thiazole rings is 1. The van der Waals surface area contributed by atoms with E-state index in [9.17, 15) is 13.6 Å². The topological polar surface area (TPSA) is 68.0 Å². The maximum atomic E-state index is 14.3. The van der Waals surface area contributed by atoms with Crippen LogP contribution in [-0.2, 0) is 0 Å². The fourth-order valence-electron chi connectivity index (χ4n) is 2.08. The van der Waals surface area contributed by atoms with Crippen LogP contribution in [0.15, 0.2) is 42.5 Å². The van der Waals surface area contributed by atoms with Gasteiger partial charge in [-0.25, -0.2) is 13.8 Å². The number of para-hydroxylation sites is 1. The van der Waals surface area contributed by atoms with Crippen molar-refractivity contribution in [3.63, 3.8) is 0 Å². The average Bonchev–Trinajstić information content (AvgIpc) is 2.89. The summed E-state index contributed by atoms with van der Waals surface area (Å²) in [4.78, 5) is 15.3. The van der Waals surface area contributed by atoms with Crippen molar-refractivity contribution in [3.8, 4) is 10.4 Å². The maximum absolute atomic E-state index is 14.3. The molecule has 0 fully saturated rings. The first kappa shape index (κ1) is 15.1.